The summed E-state index contributed by atoms with van der Waals surface area (Å²) in [6.07, 6.45) is 8.70. The average Bonchev–Trinajstić information content (AvgIpc) is 3.05. The second kappa shape index (κ2) is 9.29. The average molecular weight is 400 g/mol. The largest absolute Gasteiger partial charge is 0.371 e. The van der Waals surface area contributed by atoms with Gasteiger partial charge in [0.1, 0.15) is 0 Å². The van der Waals surface area contributed by atoms with Gasteiger partial charge in [-0.05, 0) is 62.1 Å². The number of hydrogen-bond acceptors (Lipinski definition) is 3. The molecule has 3 N–H and O–H groups in total. The second-order valence-corrected chi connectivity index (χ2v) is 7.88. The number of amides is 1. The molecule has 1 saturated heterocycles. The van der Waals surface area contributed by atoms with Crippen LogP contribution in [0.2, 0.25) is 0 Å². The number of nitrogens with zero attached hydrogens (tertiary/aromatic N) is 1. The SMILES string of the molecule is Cl.Cl.NC1C2CCC(C2)C1C(=O)Nc1cccc(N2CCCCCC2)c1. The first-order valence-corrected chi connectivity index (χ1v) is 9.64. The number of fused-ring (bicyclic) bond motifs is 2. The van der Waals surface area contributed by atoms with E-state index in [1.165, 1.54) is 44.2 Å². The first-order valence-electron chi connectivity index (χ1n) is 9.64. The van der Waals surface area contributed by atoms with Gasteiger partial charge in [-0.2, -0.15) is 0 Å². The lowest BCUT2D eigenvalue weighted by Crippen LogP contribution is -2.42. The molecule has 4 atom stereocenters. The molecule has 2 bridgehead atoms. The van der Waals surface area contributed by atoms with Crippen LogP contribution < -0.4 is 16.0 Å². The van der Waals surface area contributed by atoms with Gasteiger partial charge in [0.25, 0.3) is 0 Å². The Balaban J connectivity index is 0.00000121. The van der Waals surface area contributed by atoms with E-state index in [4.69, 9.17) is 5.73 Å². The molecule has 6 heteroatoms. The molecule has 1 aromatic carbocycles. The first kappa shape index (κ1) is 21.3. The maximum Gasteiger partial charge on any atom is 0.229 e. The van der Waals surface area contributed by atoms with Crippen LogP contribution in [0, 0.1) is 17.8 Å². The van der Waals surface area contributed by atoms with E-state index in [0.717, 1.165) is 25.2 Å². The zero-order valence-electron chi connectivity index (χ0n) is 15.2. The number of nitrogens with one attached hydrogen (secondary N) is 1. The summed E-state index contributed by atoms with van der Waals surface area (Å²) in [5, 5.41) is 3.15. The Hall–Kier alpha value is -0.970. The third kappa shape index (κ3) is 4.29. The number of benzene rings is 1. The molecular weight excluding hydrogens is 369 g/mol. The van der Waals surface area contributed by atoms with Crippen LogP contribution in [0.5, 0.6) is 0 Å². The minimum absolute atomic E-state index is 0. The molecule has 2 aliphatic carbocycles. The molecule has 3 aliphatic rings. The summed E-state index contributed by atoms with van der Waals surface area (Å²) >= 11 is 0. The van der Waals surface area contributed by atoms with E-state index in [0.29, 0.717) is 11.8 Å². The molecule has 2 saturated carbocycles. The van der Waals surface area contributed by atoms with Gasteiger partial charge < -0.3 is 16.0 Å². The molecule has 4 unspecified atom stereocenters. The second-order valence-electron chi connectivity index (χ2n) is 7.88. The van der Waals surface area contributed by atoms with Crippen LogP contribution in [0.25, 0.3) is 0 Å². The first-order chi connectivity index (χ1) is 11.7. The van der Waals surface area contributed by atoms with Crippen molar-refractivity contribution in [2.75, 3.05) is 23.3 Å². The molecule has 0 aromatic heterocycles. The summed E-state index contributed by atoms with van der Waals surface area (Å²) in [5.74, 6) is 1.20. The number of hydrogen-bond donors (Lipinski definition) is 2. The summed E-state index contributed by atoms with van der Waals surface area (Å²) in [6, 6.07) is 8.39. The van der Waals surface area contributed by atoms with Gasteiger partial charge in [0.05, 0.1) is 5.92 Å². The zero-order valence-corrected chi connectivity index (χ0v) is 16.9. The van der Waals surface area contributed by atoms with Crippen molar-refractivity contribution in [1.29, 1.82) is 0 Å². The van der Waals surface area contributed by atoms with Crippen molar-refractivity contribution in [2.24, 2.45) is 23.5 Å². The third-order valence-corrected chi connectivity index (χ3v) is 6.37. The topological polar surface area (TPSA) is 58.4 Å². The molecule has 1 amide bonds. The molecule has 4 nitrogen and oxygen atoms in total. The van der Waals surface area contributed by atoms with Gasteiger partial charge in [-0.15, -0.1) is 24.8 Å². The van der Waals surface area contributed by atoms with Gasteiger partial charge in [-0.25, -0.2) is 0 Å². The number of halogens is 2. The predicted octanol–water partition coefficient (Wildman–Crippen LogP) is 4.22. The molecule has 146 valence electrons. The number of nitrogens with two attached hydrogens (primary N) is 1. The van der Waals surface area contributed by atoms with Gasteiger partial charge in [-0.1, -0.05) is 18.9 Å². The van der Waals surface area contributed by atoms with E-state index in [1.54, 1.807) is 0 Å². The van der Waals surface area contributed by atoms with Crippen LogP contribution in [0.1, 0.15) is 44.9 Å². The Morgan fingerprint density at radius 2 is 1.73 bits per heavy atom. The third-order valence-electron chi connectivity index (χ3n) is 6.37. The molecule has 0 radical (unpaired) electrons. The Kier molecular flexibility index (Phi) is 7.63. The fourth-order valence-electron chi connectivity index (χ4n) is 5.06. The van der Waals surface area contributed by atoms with Crippen LogP contribution in [0.4, 0.5) is 11.4 Å². The highest BCUT2D eigenvalue weighted by Gasteiger charge is 2.49. The quantitative estimate of drug-likeness (QED) is 0.799. The zero-order chi connectivity index (χ0) is 16.5. The van der Waals surface area contributed by atoms with Gasteiger partial charge >= 0.3 is 0 Å². The van der Waals surface area contributed by atoms with Crippen LogP contribution in [-0.2, 0) is 4.79 Å². The van der Waals surface area contributed by atoms with E-state index in [1.807, 2.05) is 6.07 Å². The summed E-state index contributed by atoms with van der Waals surface area (Å²) in [5.41, 5.74) is 8.46. The van der Waals surface area contributed by atoms with E-state index >= 15 is 0 Å². The maximum absolute atomic E-state index is 12.8. The number of anilines is 2. The fraction of sp³-hybridized carbons (Fsp3) is 0.650. The Morgan fingerprint density at radius 1 is 1.04 bits per heavy atom. The lowest BCUT2D eigenvalue weighted by atomic mass is 9.84. The van der Waals surface area contributed by atoms with Crippen molar-refractivity contribution in [3.63, 3.8) is 0 Å². The molecule has 26 heavy (non-hydrogen) atoms. The minimum atomic E-state index is 0. The molecule has 1 heterocycles. The van der Waals surface area contributed by atoms with E-state index in [9.17, 15) is 4.79 Å². The van der Waals surface area contributed by atoms with Crippen LogP contribution in [0.15, 0.2) is 24.3 Å². The van der Waals surface area contributed by atoms with Crippen molar-refractivity contribution in [3.05, 3.63) is 24.3 Å². The molecule has 0 spiro atoms. The van der Waals surface area contributed by atoms with Crippen LogP contribution in [0.3, 0.4) is 0 Å². The van der Waals surface area contributed by atoms with E-state index in [2.05, 4.69) is 28.4 Å². The van der Waals surface area contributed by atoms with E-state index in [-0.39, 0.29) is 42.7 Å². The van der Waals surface area contributed by atoms with Crippen molar-refractivity contribution < 1.29 is 4.79 Å². The maximum atomic E-state index is 12.8. The minimum Gasteiger partial charge on any atom is -0.371 e. The lowest BCUT2D eigenvalue weighted by molar-refractivity contribution is -0.121. The van der Waals surface area contributed by atoms with Gasteiger partial charge in [0.2, 0.25) is 5.91 Å². The highest BCUT2D eigenvalue weighted by Crippen LogP contribution is 2.47. The highest BCUT2D eigenvalue weighted by molar-refractivity contribution is 5.94. The summed E-state index contributed by atoms with van der Waals surface area (Å²) < 4.78 is 0. The summed E-state index contributed by atoms with van der Waals surface area (Å²) in [7, 11) is 0. The molecule has 4 rings (SSSR count). The molecular formula is C20H31Cl2N3O. The fourth-order valence-corrected chi connectivity index (χ4v) is 5.06. The van der Waals surface area contributed by atoms with E-state index < -0.39 is 0 Å². The normalized spacial score (nSPS) is 30.1. The smallest absolute Gasteiger partial charge is 0.229 e. The Labute approximate surface area is 169 Å². The van der Waals surface area contributed by atoms with Gasteiger partial charge in [0.15, 0.2) is 0 Å². The molecule has 1 aromatic rings. The van der Waals surface area contributed by atoms with Crippen molar-refractivity contribution in [3.8, 4) is 0 Å². The Bertz CT molecular complexity index is 602. The van der Waals surface area contributed by atoms with Crippen molar-refractivity contribution in [1.82, 2.24) is 0 Å². The summed E-state index contributed by atoms with van der Waals surface area (Å²) in [4.78, 5) is 15.2. The number of carbonyl (C=O) groups excluding carboxylic acids is 1. The highest BCUT2D eigenvalue weighted by atomic mass is 35.5. The van der Waals surface area contributed by atoms with Gasteiger partial charge in [0, 0.05) is 30.5 Å². The molecule has 1 aliphatic heterocycles. The monoisotopic (exact) mass is 399 g/mol. The predicted molar refractivity (Wildman–Crippen MR) is 113 cm³/mol. The molecule has 3 fully saturated rings. The number of rotatable bonds is 3. The van der Waals surface area contributed by atoms with Crippen LogP contribution >= 0.6 is 24.8 Å². The Morgan fingerprint density at radius 3 is 2.38 bits per heavy atom. The standard InChI is InChI=1S/C20H29N3O.2ClH/c21-19-15-9-8-14(12-15)18(19)20(24)22-16-6-5-7-17(13-16)23-10-3-1-2-4-11-23;;/h5-7,13-15,18-19H,1-4,8-12,21H2,(H,22,24);2*1H. The van der Waals surface area contributed by atoms with Gasteiger partial charge in [-0.3, -0.25) is 4.79 Å². The van der Waals surface area contributed by atoms with Crippen molar-refractivity contribution >= 4 is 42.1 Å². The summed E-state index contributed by atoms with van der Waals surface area (Å²) in [6.45, 7) is 2.24. The van der Waals surface area contributed by atoms with Crippen molar-refractivity contribution in [2.45, 2.75) is 51.0 Å². The van der Waals surface area contributed by atoms with Crippen LogP contribution in [-0.4, -0.2) is 25.0 Å². The number of carbonyl (C=O) groups is 1. The lowest BCUT2D eigenvalue weighted by Gasteiger charge is -2.27.